The normalized spacial score (nSPS) is 11.3. The molecule has 0 fully saturated rings. The highest BCUT2D eigenvalue weighted by atomic mass is 16.3. The van der Waals surface area contributed by atoms with Gasteiger partial charge in [-0.1, -0.05) is 140 Å². The Labute approximate surface area is 284 Å². The molecule has 7 aromatic carbocycles. The van der Waals surface area contributed by atoms with E-state index in [1.54, 1.807) is 0 Å². The number of fused-ring (bicyclic) bond motifs is 2. The van der Waals surface area contributed by atoms with Gasteiger partial charge in [-0.15, -0.1) is 0 Å². The average molecular weight is 628 g/mol. The minimum Gasteiger partial charge on any atom is -0.436 e. The summed E-state index contributed by atoms with van der Waals surface area (Å²) in [6, 6.07) is 60.5. The summed E-state index contributed by atoms with van der Waals surface area (Å²) in [7, 11) is 0. The van der Waals surface area contributed by atoms with Gasteiger partial charge in [-0.3, -0.25) is 0 Å². The van der Waals surface area contributed by atoms with E-state index in [0.29, 0.717) is 11.7 Å². The SMILES string of the molecule is c1ccc(-c2ccc(-c3cc(-c4ccc5cc(-c6cccc7oc(-c8ccccc8)nc67)ccc5c4)nc(-c4ccccc4)n3)cc2)cc1. The zero-order valence-corrected chi connectivity index (χ0v) is 26.5. The monoisotopic (exact) mass is 627 g/mol. The molecular weight excluding hydrogens is 599 g/mol. The number of oxazole rings is 1. The van der Waals surface area contributed by atoms with Crippen LogP contribution in [0.4, 0.5) is 0 Å². The topological polar surface area (TPSA) is 51.8 Å². The van der Waals surface area contributed by atoms with Crippen molar-refractivity contribution in [3.8, 4) is 67.6 Å². The van der Waals surface area contributed by atoms with Crippen molar-refractivity contribution in [1.29, 1.82) is 0 Å². The fraction of sp³-hybridized carbons (Fsp3) is 0. The van der Waals surface area contributed by atoms with E-state index in [2.05, 4.69) is 109 Å². The molecule has 4 heteroatoms. The van der Waals surface area contributed by atoms with E-state index in [-0.39, 0.29) is 0 Å². The molecule has 0 amide bonds. The Morgan fingerprint density at radius 3 is 1.57 bits per heavy atom. The molecule has 0 spiro atoms. The van der Waals surface area contributed by atoms with Crippen LogP contribution in [0.1, 0.15) is 0 Å². The summed E-state index contributed by atoms with van der Waals surface area (Å²) in [6.07, 6.45) is 0. The van der Waals surface area contributed by atoms with Crippen molar-refractivity contribution in [1.82, 2.24) is 15.0 Å². The summed E-state index contributed by atoms with van der Waals surface area (Å²) < 4.78 is 6.15. The quantitative estimate of drug-likeness (QED) is 0.184. The van der Waals surface area contributed by atoms with Crippen molar-refractivity contribution in [3.63, 3.8) is 0 Å². The van der Waals surface area contributed by atoms with Crippen LogP contribution in [0.2, 0.25) is 0 Å². The number of benzene rings is 7. The standard InChI is InChI=1S/C45H29N3O/c1-4-11-30(12-5-1)31-19-21-32(22-20-31)40-29-41(47-44(46-40)33-13-6-2-7-14-33)38-26-24-35-27-37(25-23-36(35)28-38)39-17-10-18-42-43(39)48-45(49-42)34-15-8-3-9-16-34/h1-29H. The molecule has 0 bridgehead atoms. The van der Waals surface area contributed by atoms with Gasteiger partial charge < -0.3 is 4.42 Å². The smallest absolute Gasteiger partial charge is 0.227 e. The molecule has 0 N–H and O–H groups in total. The van der Waals surface area contributed by atoms with Gasteiger partial charge in [-0.05, 0) is 63.9 Å². The Balaban J connectivity index is 1.10. The molecule has 0 saturated carbocycles. The van der Waals surface area contributed by atoms with Crippen LogP contribution in [0, 0.1) is 0 Å². The van der Waals surface area contributed by atoms with Crippen LogP contribution >= 0.6 is 0 Å². The molecule has 49 heavy (non-hydrogen) atoms. The molecular formula is C45H29N3O. The van der Waals surface area contributed by atoms with Gasteiger partial charge in [0.2, 0.25) is 5.89 Å². The zero-order valence-electron chi connectivity index (χ0n) is 26.5. The maximum absolute atomic E-state index is 6.15. The third-order valence-corrected chi connectivity index (χ3v) is 8.93. The van der Waals surface area contributed by atoms with Crippen molar-refractivity contribution >= 4 is 21.9 Å². The van der Waals surface area contributed by atoms with Crippen molar-refractivity contribution in [2.75, 3.05) is 0 Å². The van der Waals surface area contributed by atoms with Crippen molar-refractivity contribution in [2.45, 2.75) is 0 Å². The van der Waals surface area contributed by atoms with Gasteiger partial charge in [0.05, 0.1) is 11.4 Å². The maximum Gasteiger partial charge on any atom is 0.227 e. The van der Waals surface area contributed by atoms with Gasteiger partial charge >= 0.3 is 0 Å². The second kappa shape index (κ2) is 12.2. The molecule has 0 saturated heterocycles. The van der Waals surface area contributed by atoms with Crippen LogP contribution in [-0.4, -0.2) is 15.0 Å². The largest absolute Gasteiger partial charge is 0.436 e. The molecule has 0 unspecified atom stereocenters. The number of hydrogen-bond donors (Lipinski definition) is 0. The minimum atomic E-state index is 0.625. The highest BCUT2D eigenvalue weighted by Crippen LogP contribution is 2.35. The van der Waals surface area contributed by atoms with E-state index in [1.165, 1.54) is 11.1 Å². The fourth-order valence-electron chi connectivity index (χ4n) is 6.38. The molecule has 9 aromatic rings. The molecule has 0 aliphatic rings. The number of para-hydroxylation sites is 1. The van der Waals surface area contributed by atoms with E-state index >= 15 is 0 Å². The highest BCUT2D eigenvalue weighted by Gasteiger charge is 2.15. The molecule has 0 atom stereocenters. The van der Waals surface area contributed by atoms with E-state index in [0.717, 1.165) is 66.6 Å². The fourth-order valence-corrected chi connectivity index (χ4v) is 6.38. The maximum atomic E-state index is 6.15. The Morgan fingerprint density at radius 2 is 0.878 bits per heavy atom. The molecule has 0 aliphatic heterocycles. The van der Waals surface area contributed by atoms with Crippen LogP contribution in [0.25, 0.3) is 89.5 Å². The summed E-state index contributed by atoms with van der Waals surface area (Å²) in [6.45, 7) is 0. The molecule has 2 heterocycles. The summed E-state index contributed by atoms with van der Waals surface area (Å²) in [5, 5.41) is 2.27. The van der Waals surface area contributed by atoms with Crippen molar-refractivity contribution in [3.05, 3.63) is 176 Å². The number of rotatable bonds is 6. The Kier molecular flexibility index (Phi) is 7.10. The molecule has 4 nitrogen and oxygen atoms in total. The first kappa shape index (κ1) is 28.6. The van der Waals surface area contributed by atoms with Crippen molar-refractivity contribution < 1.29 is 4.42 Å². The first-order chi connectivity index (χ1) is 24.2. The molecule has 230 valence electrons. The van der Waals surface area contributed by atoms with Crippen LogP contribution in [0.3, 0.4) is 0 Å². The third kappa shape index (κ3) is 5.56. The average Bonchev–Trinajstić information content (AvgIpc) is 3.63. The lowest BCUT2D eigenvalue weighted by molar-refractivity contribution is 0.620. The predicted molar refractivity (Wildman–Crippen MR) is 200 cm³/mol. The Morgan fingerprint density at radius 1 is 0.347 bits per heavy atom. The van der Waals surface area contributed by atoms with Crippen LogP contribution in [0.15, 0.2) is 180 Å². The van der Waals surface area contributed by atoms with E-state index in [1.807, 2.05) is 66.7 Å². The number of hydrogen-bond acceptors (Lipinski definition) is 4. The summed E-state index contributed by atoms with van der Waals surface area (Å²) in [5.41, 5.74) is 11.9. The second-order valence-corrected chi connectivity index (χ2v) is 12.1. The van der Waals surface area contributed by atoms with E-state index in [4.69, 9.17) is 19.4 Å². The first-order valence-corrected chi connectivity index (χ1v) is 16.4. The molecule has 0 aliphatic carbocycles. The Bertz CT molecular complexity index is 2580. The molecule has 9 rings (SSSR count). The van der Waals surface area contributed by atoms with Crippen LogP contribution < -0.4 is 0 Å². The van der Waals surface area contributed by atoms with Gasteiger partial charge in [-0.25, -0.2) is 15.0 Å². The summed E-state index contributed by atoms with van der Waals surface area (Å²) in [4.78, 5) is 15.0. The van der Waals surface area contributed by atoms with Gasteiger partial charge in [0.25, 0.3) is 0 Å². The Hall–Kier alpha value is -6.65. The van der Waals surface area contributed by atoms with Crippen molar-refractivity contribution in [2.24, 2.45) is 0 Å². The lowest BCUT2D eigenvalue weighted by atomic mass is 9.98. The predicted octanol–water partition coefficient (Wildman–Crippen LogP) is 11.8. The van der Waals surface area contributed by atoms with Gasteiger partial charge in [0.15, 0.2) is 11.4 Å². The van der Waals surface area contributed by atoms with Crippen LogP contribution in [-0.2, 0) is 0 Å². The first-order valence-electron chi connectivity index (χ1n) is 16.4. The van der Waals surface area contributed by atoms with Crippen LogP contribution in [0.5, 0.6) is 0 Å². The number of aromatic nitrogens is 3. The highest BCUT2D eigenvalue weighted by molar-refractivity contribution is 5.97. The third-order valence-electron chi connectivity index (χ3n) is 8.93. The van der Waals surface area contributed by atoms with Gasteiger partial charge in [0, 0.05) is 27.8 Å². The summed E-state index contributed by atoms with van der Waals surface area (Å²) in [5.74, 6) is 1.32. The minimum absolute atomic E-state index is 0.625. The van der Waals surface area contributed by atoms with E-state index < -0.39 is 0 Å². The second-order valence-electron chi connectivity index (χ2n) is 12.1. The molecule has 2 aromatic heterocycles. The lowest BCUT2D eigenvalue weighted by Gasteiger charge is -2.11. The molecule has 0 radical (unpaired) electrons. The summed E-state index contributed by atoms with van der Waals surface area (Å²) >= 11 is 0. The van der Waals surface area contributed by atoms with Gasteiger partial charge in [0.1, 0.15) is 5.52 Å². The van der Waals surface area contributed by atoms with Gasteiger partial charge in [-0.2, -0.15) is 0 Å². The lowest BCUT2D eigenvalue weighted by Crippen LogP contribution is -1.96. The van der Waals surface area contributed by atoms with E-state index in [9.17, 15) is 0 Å². The number of nitrogens with zero attached hydrogens (tertiary/aromatic N) is 3. The zero-order chi connectivity index (χ0) is 32.6.